The maximum Gasteiger partial charge on any atom is 0.323 e. The first-order valence-corrected chi connectivity index (χ1v) is 8.57. The van der Waals surface area contributed by atoms with E-state index in [1.165, 1.54) is 0 Å². The molecule has 0 bridgehead atoms. The van der Waals surface area contributed by atoms with Crippen LogP contribution in [0.4, 0.5) is 0 Å². The highest BCUT2D eigenvalue weighted by Gasteiger charge is 2.36. The van der Waals surface area contributed by atoms with Gasteiger partial charge in [0.05, 0.1) is 17.5 Å². The number of carbonyl (C=O) groups excluding carboxylic acids is 1. The molecule has 8 heteroatoms. The highest BCUT2D eigenvalue weighted by atomic mass is 32.2. The number of sulfone groups is 1. The Kier molecular flexibility index (Phi) is 5.94. The fourth-order valence-corrected chi connectivity index (χ4v) is 4.05. The molecule has 1 fully saturated rings. The molecule has 0 aromatic carbocycles. The number of carboxylic acid groups (broad SMARTS) is 1. The zero-order valence-electron chi connectivity index (χ0n) is 11.6. The molecule has 0 aliphatic carbocycles. The summed E-state index contributed by atoms with van der Waals surface area (Å²) < 4.78 is 23.0. The van der Waals surface area contributed by atoms with Crippen molar-refractivity contribution in [3.05, 3.63) is 0 Å². The third kappa shape index (κ3) is 4.75. The Morgan fingerprint density at radius 2 is 2.10 bits per heavy atom. The van der Waals surface area contributed by atoms with Crippen molar-refractivity contribution in [3.63, 3.8) is 0 Å². The second kappa shape index (κ2) is 7.03. The topological polar surface area (TPSA) is 118 Å². The van der Waals surface area contributed by atoms with Crippen LogP contribution in [0.1, 0.15) is 32.6 Å². The molecule has 20 heavy (non-hydrogen) atoms. The Labute approximate surface area is 119 Å². The van der Waals surface area contributed by atoms with Crippen LogP contribution in [-0.4, -0.2) is 60.4 Å². The number of nitrogens with zero attached hydrogens (tertiary/aromatic N) is 1. The lowest BCUT2D eigenvalue weighted by atomic mass is 10.1. The van der Waals surface area contributed by atoms with Crippen LogP contribution in [0.25, 0.3) is 0 Å². The van der Waals surface area contributed by atoms with Crippen molar-refractivity contribution in [3.8, 4) is 0 Å². The lowest BCUT2D eigenvalue weighted by Gasteiger charge is -2.29. The summed E-state index contributed by atoms with van der Waals surface area (Å²) in [6.07, 6.45) is 2.42. The van der Waals surface area contributed by atoms with E-state index < -0.39 is 40.3 Å². The van der Waals surface area contributed by atoms with E-state index in [9.17, 15) is 18.0 Å². The third-order valence-electron chi connectivity index (χ3n) is 3.42. The second-order valence-electron chi connectivity index (χ2n) is 5.17. The van der Waals surface area contributed by atoms with Gasteiger partial charge in [0.25, 0.3) is 0 Å². The number of hydrogen-bond donors (Lipinski definition) is 2. The molecule has 0 radical (unpaired) electrons. The van der Waals surface area contributed by atoms with Gasteiger partial charge < -0.3 is 15.7 Å². The maximum absolute atomic E-state index is 12.2. The van der Waals surface area contributed by atoms with Crippen molar-refractivity contribution in [2.75, 3.05) is 18.1 Å². The number of unbranched alkanes of at least 4 members (excludes halogenated alkanes) is 1. The Morgan fingerprint density at radius 1 is 1.45 bits per heavy atom. The molecular weight excluding hydrogens is 284 g/mol. The van der Waals surface area contributed by atoms with E-state index >= 15 is 0 Å². The molecule has 0 saturated carbocycles. The summed E-state index contributed by atoms with van der Waals surface area (Å²) in [4.78, 5) is 24.2. The van der Waals surface area contributed by atoms with Crippen molar-refractivity contribution in [2.45, 2.75) is 44.7 Å². The highest BCUT2D eigenvalue weighted by Crippen LogP contribution is 2.19. The number of amides is 1. The monoisotopic (exact) mass is 306 g/mol. The SMILES string of the molecule is CCCCC(N)C(=O)N(CC(=O)O)C1CCS(=O)(=O)C1. The summed E-state index contributed by atoms with van der Waals surface area (Å²) in [6, 6.07) is -1.34. The van der Waals surface area contributed by atoms with E-state index in [1.807, 2.05) is 6.92 Å². The van der Waals surface area contributed by atoms with Gasteiger partial charge in [-0.05, 0) is 12.8 Å². The molecule has 1 amide bonds. The molecular formula is C12H22N2O5S. The van der Waals surface area contributed by atoms with Gasteiger partial charge >= 0.3 is 5.97 Å². The minimum absolute atomic E-state index is 0.00867. The summed E-state index contributed by atoms with van der Waals surface area (Å²) in [6.45, 7) is 1.47. The summed E-state index contributed by atoms with van der Waals surface area (Å²) in [5, 5.41) is 8.90. The zero-order chi connectivity index (χ0) is 15.3. The summed E-state index contributed by atoms with van der Waals surface area (Å²) >= 11 is 0. The van der Waals surface area contributed by atoms with Gasteiger partial charge in [0.1, 0.15) is 6.54 Å². The van der Waals surface area contributed by atoms with Crippen LogP contribution < -0.4 is 5.73 Å². The third-order valence-corrected chi connectivity index (χ3v) is 5.17. The molecule has 3 N–H and O–H groups in total. The lowest BCUT2D eigenvalue weighted by Crippen LogP contribution is -2.51. The minimum atomic E-state index is -3.18. The largest absolute Gasteiger partial charge is 0.480 e. The van der Waals surface area contributed by atoms with Crippen LogP contribution in [0.15, 0.2) is 0 Å². The van der Waals surface area contributed by atoms with E-state index in [4.69, 9.17) is 10.8 Å². The van der Waals surface area contributed by atoms with E-state index in [1.54, 1.807) is 0 Å². The molecule has 1 aliphatic rings. The average Bonchev–Trinajstić information content (AvgIpc) is 2.72. The Hall–Kier alpha value is -1.15. The molecule has 1 heterocycles. The van der Waals surface area contributed by atoms with Crippen molar-refractivity contribution < 1.29 is 23.1 Å². The molecule has 2 unspecified atom stereocenters. The maximum atomic E-state index is 12.2. The van der Waals surface area contributed by atoms with Gasteiger partial charge in [0.15, 0.2) is 9.84 Å². The molecule has 2 atom stereocenters. The molecule has 0 aromatic heterocycles. The molecule has 1 saturated heterocycles. The number of aliphatic carboxylic acids is 1. The van der Waals surface area contributed by atoms with Gasteiger partial charge in [0, 0.05) is 6.04 Å². The van der Waals surface area contributed by atoms with E-state index in [2.05, 4.69) is 0 Å². The highest BCUT2D eigenvalue weighted by molar-refractivity contribution is 7.91. The van der Waals surface area contributed by atoms with E-state index in [0.29, 0.717) is 6.42 Å². The second-order valence-corrected chi connectivity index (χ2v) is 7.39. The van der Waals surface area contributed by atoms with Gasteiger partial charge in [-0.1, -0.05) is 19.8 Å². The predicted molar refractivity (Wildman–Crippen MR) is 73.9 cm³/mol. The normalized spacial score (nSPS) is 22.4. The first-order valence-electron chi connectivity index (χ1n) is 6.75. The average molecular weight is 306 g/mol. The van der Waals surface area contributed by atoms with Gasteiger partial charge in [-0.3, -0.25) is 9.59 Å². The van der Waals surface area contributed by atoms with Gasteiger partial charge in [-0.15, -0.1) is 0 Å². The Bertz CT molecular complexity index is 462. The molecule has 7 nitrogen and oxygen atoms in total. The summed E-state index contributed by atoms with van der Waals surface area (Å²) in [7, 11) is -3.18. The number of rotatable bonds is 7. The number of carboxylic acids is 1. The van der Waals surface area contributed by atoms with E-state index in [0.717, 1.165) is 17.7 Å². The molecule has 1 rings (SSSR count). The quantitative estimate of drug-likeness (QED) is 0.661. The minimum Gasteiger partial charge on any atom is -0.480 e. The number of hydrogen-bond acceptors (Lipinski definition) is 5. The van der Waals surface area contributed by atoms with Crippen LogP contribution in [0.2, 0.25) is 0 Å². The standard InChI is InChI=1S/C12H22N2O5S/c1-2-3-4-10(13)12(17)14(7-11(15)16)9-5-6-20(18,19)8-9/h9-10H,2-8,13H2,1H3,(H,15,16). The smallest absolute Gasteiger partial charge is 0.323 e. The van der Waals surface area contributed by atoms with Crippen LogP contribution in [0.5, 0.6) is 0 Å². The Morgan fingerprint density at radius 3 is 2.55 bits per heavy atom. The number of nitrogens with two attached hydrogens (primary N) is 1. The van der Waals surface area contributed by atoms with Crippen molar-refractivity contribution >= 4 is 21.7 Å². The van der Waals surface area contributed by atoms with Crippen molar-refractivity contribution in [1.29, 1.82) is 0 Å². The molecule has 116 valence electrons. The number of carbonyl (C=O) groups is 2. The zero-order valence-corrected chi connectivity index (χ0v) is 12.4. The summed E-state index contributed by atoms with van der Waals surface area (Å²) in [5.74, 6) is -1.81. The fourth-order valence-electron chi connectivity index (χ4n) is 2.31. The van der Waals surface area contributed by atoms with Crippen LogP contribution in [-0.2, 0) is 19.4 Å². The van der Waals surface area contributed by atoms with E-state index in [-0.39, 0.29) is 17.9 Å². The van der Waals surface area contributed by atoms with Gasteiger partial charge in [-0.2, -0.15) is 0 Å². The van der Waals surface area contributed by atoms with Gasteiger partial charge in [-0.25, -0.2) is 8.42 Å². The lowest BCUT2D eigenvalue weighted by molar-refractivity contribution is -0.146. The van der Waals surface area contributed by atoms with Gasteiger partial charge in [0.2, 0.25) is 5.91 Å². The fraction of sp³-hybridized carbons (Fsp3) is 0.833. The first kappa shape index (κ1) is 16.9. The molecule has 1 aliphatic heterocycles. The van der Waals surface area contributed by atoms with Crippen LogP contribution in [0, 0.1) is 0 Å². The molecule has 0 aromatic rings. The molecule has 0 spiro atoms. The van der Waals surface area contributed by atoms with Crippen LogP contribution >= 0.6 is 0 Å². The Balaban J connectivity index is 2.78. The van der Waals surface area contributed by atoms with Crippen molar-refractivity contribution in [1.82, 2.24) is 4.90 Å². The van der Waals surface area contributed by atoms with Crippen LogP contribution in [0.3, 0.4) is 0 Å². The predicted octanol–water partition coefficient (Wildman–Crippen LogP) is -0.396. The van der Waals surface area contributed by atoms with Crippen molar-refractivity contribution in [2.24, 2.45) is 5.73 Å². The first-order chi connectivity index (χ1) is 9.26. The summed E-state index contributed by atoms with van der Waals surface area (Å²) in [5.41, 5.74) is 5.78.